The third kappa shape index (κ3) is 4.79. The van der Waals surface area contributed by atoms with E-state index in [0.717, 1.165) is 11.3 Å². The summed E-state index contributed by atoms with van der Waals surface area (Å²) in [6.45, 7) is 4.70. The molecule has 106 valence electrons. The first-order valence-electron chi connectivity index (χ1n) is 6.15. The van der Waals surface area contributed by atoms with Crippen molar-refractivity contribution in [3.8, 4) is 5.75 Å². The average Bonchev–Trinajstić information content (AvgIpc) is 2.40. The molecule has 1 aromatic rings. The van der Waals surface area contributed by atoms with Crippen molar-refractivity contribution in [3.05, 3.63) is 23.8 Å². The van der Waals surface area contributed by atoms with Crippen LogP contribution in [0.25, 0.3) is 0 Å². The zero-order valence-electron chi connectivity index (χ0n) is 11.9. The van der Waals surface area contributed by atoms with E-state index in [-0.39, 0.29) is 5.97 Å². The second-order valence-electron chi connectivity index (χ2n) is 4.23. The molecule has 0 saturated heterocycles. The highest BCUT2D eigenvalue weighted by Crippen LogP contribution is 2.26. The van der Waals surface area contributed by atoms with Gasteiger partial charge in [0.2, 0.25) is 0 Å². The Labute approximate surface area is 113 Å². The molecule has 1 atom stereocenters. The van der Waals surface area contributed by atoms with Gasteiger partial charge in [-0.3, -0.25) is 0 Å². The molecule has 0 radical (unpaired) electrons. The molecule has 19 heavy (non-hydrogen) atoms. The van der Waals surface area contributed by atoms with Crippen molar-refractivity contribution in [1.82, 2.24) is 0 Å². The van der Waals surface area contributed by atoms with E-state index < -0.39 is 6.04 Å². The van der Waals surface area contributed by atoms with E-state index >= 15 is 0 Å². The number of anilines is 1. The highest BCUT2D eigenvalue weighted by molar-refractivity contribution is 5.79. The Kier molecular flexibility index (Phi) is 6.15. The molecule has 0 heterocycles. The van der Waals surface area contributed by atoms with Crippen LogP contribution in [0.3, 0.4) is 0 Å². The Balaban J connectivity index is 2.78. The molecule has 1 aromatic carbocycles. The number of rotatable bonds is 7. The zero-order valence-corrected chi connectivity index (χ0v) is 11.9. The van der Waals surface area contributed by atoms with E-state index in [9.17, 15) is 4.79 Å². The lowest BCUT2D eigenvalue weighted by Gasteiger charge is -2.17. The van der Waals surface area contributed by atoms with Gasteiger partial charge in [0.25, 0.3) is 0 Å². The Morgan fingerprint density at radius 1 is 1.32 bits per heavy atom. The minimum absolute atomic E-state index is 0.316. The zero-order chi connectivity index (χ0) is 14.3. The predicted octanol–water partition coefficient (Wildman–Crippen LogP) is 1.99. The van der Waals surface area contributed by atoms with E-state index in [1.165, 1.54) is 7.11 Å². The lowest BCUT2D eigenvalue weighted by molar-refractivity contribution is -0.141. The minimum atomic E-state index is -0.433. The van der Waals surface area contributed by atoms with Crippen molar-refractivity contribution >= 4 is 11.7 Å². The molecule has 1 N–H and O–H groups in total. The Morgan fingerprint density at radius 2 is 2.05 bits per heavy atom. The summed E-state index contributed by atoms with van der Waals surface area (Å²) in [6.07, 6.45) is 0. The summed E-state index contributed by atoms with van der Waals surface area (Å²) in [4.78, 5) is 11.4. The van der Waals surface area contributed by atoms with Crippen molar-refractivity contribution in [2.24, 2.45) is 0 Å². The van der Waals surface area contributed by atoms with E-state index in [1.54, 1.807) is 14.0 Å². The van der Waals surface area contributed by atoms with Gasteiger partial charge in [0, 0.05) is 7.11 Å². The maximum absolute atomic E-state index is 11.4. The molecule has 5 nitrogen and oxygen atoms in total. The van der Waals surface area contributed by atoms with E-state index in [1.807, 2.05) is 25.1 Å². The van der Waals surface area contributed by atoms with Crippen LogP contribution in [0.5, 0.6) is 5.75 Å². The molecule has 0 aliphatic rings. The number of esters is 1. The fraction of sp³-hybridized carbons (Fsp3) is 0.500. The Hall–Kier alpha value is -1.75. The van der Waals surface area contributed by atoms with Crippen LogP contribution in [0.1, 0.15) is 12.5 Å². The van der Waals surface area contributed by atoms with Crippen molar-refractivity contribution in [2.45, 2.75) is 19.9 Å². The molecule has 0 aromatic heterocycles. The van der Waals surface area contributed by atoms with Gasteiger partial charge < -0.3 is 19.5 Å². The van der Waals surface area contributed by atoms with Gasteiger partial charge in [-0.2, -0.15) is 0 Å². The van der Waals surface area contributed by atoms with Crippen molar-refractivity contribution in [2.75, 3.05) is 32.8 Å². The Bertz CT molecular complexity index is 420. The summed E-state index contributed by atoms with van der Waals surface area (Å²) >= 11 is 0. The summed E-state index contributed by atoms with van der Waals surface area (Å²) in [6, 6.07) is 5.33. The highest BCUT2D eigenvalue weighted by atomic mass is 16.5. The first kappa shape index (κ1) is 15.3. The number of nitrogens with one attached hydrogen (secondary N) is 1. The maximum atomic E-state index is 11.4. The number of carbonyl (C=O) groups is 1. The van der Waals surface area contributed by atoms with Crippen LogP contribution in [0.4, 0.5) is 5.69 Å². The first-order chi connectivity index (χ1) is 9.08. The lowest BCUT2D eigenvalue weighted by atomic mass is 10.2. The minimum Gasteiger partial charge on any atom is -0.489 e. The SMILES string of the molecule is COCCOc1cc(C)ccc1NC(C)C(=O)OC. The third-order valence-electron chi connectivity index (χ3n) is 2.61. The number of methoxy groups -OCH3 is 2. The molecular weight excluding hydrogens is 246 g/mol. The van der Waals surface area contributed by atoms with Crippen LogP contribution in [-0.4, -0.2) is 39.4 Å². The van der Waals surface area contributed by atoms with Gasteiger partial charge >= 0.3 is 5.97 Å². The summed E-state index contributed by atoms with van der Waals surface area (Å²) < 4.78 is 15.3. The molecule has 0 aliphatic carbocycles. The van der Waals surface area contributed by atoms with Gasteiger partial charge in [-0.15, -0.1) is 0 Å². The lowest BCUT2D eigenvalue weighted by Crippen LogP contribution is -2.27. The summed E-state index contributed by atoms with van der Waals surface area (Å²) in [5.41, 5.74) is 1.85. The van der Waals surface area contributed by atoms with Gasteiger partial charge in [-0.25, -0.2) is 4.79 Å². The molecule has 0 bridgehead atoms. The molecule has 0 amide bonds. The summed E-state index contributed by atoms with van der Waals surface area (Å²) in [7, 11) is 2.99. The normalized spacial score (nSPS) is 11.8. The quantitative estimate of drug-likeness (QED) is 0.605. The number of carbonyl (C=O) groups excluding carboxylic acids is 1. The molecule has 1 unspecified atom stereocenters. The number of hydrogen-bond donors (Lipinski definition) is 1. The number of aryl methyl sites for hydroxylation is 1. The second kappa shape index (κ2) is 7.63. The predicted molar refractivity (Wildman–Crippen MR) is 73.7 cm³/mol. The van der Waals surface area contributed by atoms with E-state index in [4.69, 9.17) is 9.47 Å². The Morgan fingerprint density at radius 3 is 2.68 bits per heavy atom. The second-order valence-corrected chi connectivity index (χ2v) is 4.23. The number of benzene rings is 1. The maximum Gasteiger partial charge on any atom is 0.327 e. The van der Waals surface area contributed by atoms with E-state index in [0.29, 0.717) is 19.0 Å². The molecular formula is C14H21NO4. The van der Waals surface area contributed by atoms with Crippen molar-refractivity contribution < 1.29 is 19.0 Å². The largest absolute Gasteiger partial charge is 0.489 e. The van der Waals surface area contributed by atoms with Crippen LogP contribution >= 0.6 is 0 Å². The number of hydrogen-bond acceptors (Lipinski definition) is 5. The van der Waals surface area contributed by atoms with Crippen molar-refractivity contribution in [3.63, 3.8) is 0 Å². The molecule has 1 rings (SSSR count). The van der Waals surface area contributed by atoms with Gasteiger partial charge in [-0.05, 0) is 31.5 Å². The summed E-state index contributed by atoms with van der Waals surface area (Å²) in [5, 5.41) is 3.07. The van der Waals surface area contributed by atoms with Crippen LogP contribution in [0, 0.1) is 6.92 Å². The van der Waals surface area contributed by atoms with Crippen LogP contribution < -0.4 is 10.1 Å². The molecule has 0 aliphatic heterocycles. The van der Waals surface area contributed by atoms with Crippen LogP contribution in [0.15, 0.2) is 18.2 Å². The standard InChI is InChI=1S/C14H21NO4/c1-10-5-6-12(15-11(2)14(16)18-4)13(9-10)19-8-7-17-3/h5-6,9,11,15H,7-8H2,1-4H3. The highest BCUT2D eigenvalue weighted by Gasteiger charge is 2.15. The molecule has 5 heteroatoms. The molecule has 0 spiro atoms. The first-order valence-corrected chi connectivity index (χ1v) is 6.15. The fourth-order valence-electron chi connectivity index (χ4n) is 1.57. The topological polar surface area (TPSA) is 56.8 Å². The molecule has 0 saturated carbocycles. The van der Waals surface area contributed by atoms with Gasteiger partial charge in [0.1, 0.15) is 18.4 Å². The fourth-order valence-corrected chi connectivity index (χ4v) is 1.57. The van der Waals surface area contributed by atoms with Crippen LogP contribution in [-0.2, 0) is 14.3 Å². The van der Waals surface area contributed by atoms with Gasteiger partial charge in [-0.1, -0.05) is 6.07 Å². The number of ether oxygens (including phenoxy) is 3. The summed E-state index contributed by atoms with van der Waals surface area (Å²) in [5.74, 6) is 0.385. The third-order valence-corrected chi connectivity index (χ3v) is 2.61. The van der Waals surface area contributed by atoms with Gasteiger partial charge in [0.15, 0.2) is 0 Å². The van der Waals surface area contributed by atoms with Gasteiger partial charge in [0.05, 0.1) is 19.4 Å². The monoisotopic (exact) mass is 267 g/mol. The smallest absolute Gasteiger partial charge is 0.327 e. The average molecular weight is 267 g/mol. The van der Waals surface area contributed by atoms with Crippen LogP contribution in [0.2, 0.25) is 0 Å². The molecule has 0 fully saturated rings. The van der Waals surface area contributed by atoms with Crippen molar-refractivity contribution in [1.29, 1.82) is 0 Å². The van der Waals surface area contributed by atoms with E-state index in [2.05, 4.69) is 10.1 Å².